The number of rotatable bonds is 1. The van der Waals surface area contributed by atoms with E-state index in [0.717, 1.165) is 26.0 Å². The summed E-state index contributed by atoms with van der Waals surface area (Å²) >= 11 is 0. The summed E-state index contributed by atoms with van der Waals surface area (Å²) in [6.45, 7) is 6.04. The molecule has 2 atom stereocenters. The smallest absolute Gasteiger partial charge is 0.0552 e. The van der Waals surface area contributed by atoms with Gasteiger partial charge in [-0.25, -0.2) is 0 Å². The van der Waals surface area contributed by atoms with Crippen LogP contribution >= 0.6 is 0 Å². The summed E-state index contributed by atoms with van der Waals surface area (Å²) in [5, 5.41) is 0. The van der Waals surface area contributed by atoms with Crippen LogP contribution in [0.1, 0.15) is 26.7 Å². The molecule has 2 heteroatoms. The topological polar surface area (TPSA) is 35.2 Å². The molecule has 0 aliphatic carbocycles. The van der Waals surface area contributed by atoms with Gasteiger partial charge in [0, 0.05) is 6.61 Å². The molecule has 2 N–H and O–H groups in total. The van der Waals surface area contributed by atoms with Gasteiger partial charge < -0.3 is 10.5 Å². The summed E-state index contributed by atoms with van der Waals surface area (Å²) in [4.78, 5) is 0. The van der Waals surface area contributed by atoms with Crippen molar-refractivity contribution < 1.29 is 4.74 Å². The van der Waals surface area contributed by atoms with Gasteiger partial charge in [0.05, 0.1) is 6.10 Å². The molecule has 0 unspecified atom stereocenters. The van der Waals surface area contributed by atoms with Gasteiger partial charge >= 0.3 is 0 Å². The highest BCUT2D eigenvalue weighted by molar-refractivity contribution is 4.80. The highest BCUT2D eigenvalue weighted by Crippen LogP contribution is 2.31. The Bertz CT molecular complexity index is 116. The monoisotopic (exact) mass is 143 g/mol. The van der Waals surface area contributed by atoms with Crippen LogP contribution < -0.4 is 5.73 Å². The minimum Gasteiger partial charge on any atom is -0.378 e. The predicted octanol–water partition coefficient (Wildman–Crippen LogP) is 1.15. The lowest BCUT2D eigenvalue weighted by molar-refractivity contribution is -0.0286. The standard InChI is InChI=1S/C8H17NO/c1-7-5-8(2,6-9)3-4-10-7/h7H,3-6,9H2,1-2H3/t7-,8+/m1/s1. The fourth-order valence-corrected chi connectivity index (χ4v) is 1.55. The van der Waals surface area contributed by atoms with Crippen molar-refractivity contribution in [2.75, 3.05) is 13.2 Å². The van der Waals surface area contributed by atoms with Gasteiger partial charge in [-0.2, -0.15) is 0 Å². The predicted molar refractivity (Wildman–Crippen MR) is 41.8 cm³/mol. The van der Waals surface area contributed by atoms with Crippen LogP contribution in [0.2, 0.25) is 0 Å². The molecule has 0 spiro atoms. The quantitative estimate of drug-likeness (QED) is 0.597. The van der Waals surface area contributed by atoms with E-state index in [9.17, 15) is 0 Å². The van der Waals surface area contributed by atoms with Gasteiger partial charge in [0.1, 0.15) is 0 Å². The Morgan fingerprint density at radius 2 is 2.40 bits per heavy atom. The molecule has 1 aliphatic rings. The fraction of sp³-hybridized carbons (Fsp3) is 1.00. The number of ether oxygens (including phenoxy) is 1. The van der Waals surface area contributed by atoms with Crippen molar-refractivity contribution in [1.82, 2.24) is 0 Å². The number of hydrogen-bond donors (Lipinski definition) is 1. The molecule has 0 aromatic carbocycles. The van der Waals surface area contributed by atoms with Gasteiger partial charge in [0.15, 0.2) is 0 Å². The van der Waals surface area contributed by atoms with Crippen molar-refractivity contribution in [3.63, 3.8) is 0 Å². The maximum atomic E-state index is 5.64. The van der Waals surface area contributed by atoms with Crippen molar-refractivity contribution in [2.45, 2.75) is 32.8 Å². The van der Waals surface area contributed by atoms with Gasteiger partial charge in [0.2, 0.25) is 0 Å². The molecule has 1 aliphatic heterocycles. The lowest BCUT2D eigenvalue weighted by atomic mass is 9.80. The summed E-state index contributed by atoms with van der Waals surface area (Å²) < 4.78 is 5.42. The highest BCUT2D eigenvalue weighted by Gasteiger charge is 2.29. The average molecular weight is 143 g/mol. The zero-order chi connectivity index (χ0) is 7.61. The van der Waals surface area contributed by atoms with Gasteiger partial charge in [0.25, 0.3) is 0 Å². The van der Waals surface area contributed by atoms with E-state index in [-0.39, 0.29) is 0 Å². The molecule has 0 saturated carbocycles. The summed E-state index contributed by atoms with van der Waals surface area (Å²) in [6, 6.07) is 0. The molecule has 1 fully saturated rings. The SMILES string of the molecule is C[C@@H]1C[C@@](C)(CN)CCO1. The van der Waals surface area contributed by atoms with E-state index >= 15 is 0 Å². The lowest BCUT2D eigenvalue weighted by Gasteiger charge is -2.35. The van der Waals surface area contributed by atoms with E-state index in [0.29, 0.717) is 11.5 Å². The molecule has 0 aromatic rings. The zero-order valence-electron chi connectivity index (χ0n) is 6.89. The molecule has 1 saturated heterocycles. The molecule has 1 heterocycles. The fourth-order valence-electron chi connectivity index (χ4n) is 1.55. The van der Waals surface area contributed by atoms with Gasteiger partial charge in [-0.1, -0.05) is 6.92 Å². The van der Waals surface area contributed by atoms with Crippen LogP contribution in [0.25, 0.3) is 0 Å². The first-order valence-electron chi connectivity index (χ1n) is 3.98. The van der Waals surface area contributed by atoms with E-state index in [1.54, 1.807) is 0 Å². The Kier molecular flexibility index (Phi) is 2.32. The number of nitrogens with two attached hydrogens (primary N) is 1. The van der Waals surface area contributed by atoms with E-state index < -0.39 is 0 Å². The van der Waals surface area contributed by atoms with Crippen LogP contribution in [-0.4, -0.2) is 19.3 Å². The van der Waals surface area contributed by atoms with Gasteiger partial charge in [-0.05, 0) is 31.7 Å². The van der Waals surface area contributed by atoms with Gasteiger partial charge in [-0.15, -0.1) is 0 Å². The van der Waals surface area contributed by atoms with E-state index in [1.807, 2.05) is 0 Å². The van der Waals surface area contributed by atoms with Crippen LogP contribution in [0.4, 0.5) is 0 Å². The second-order valence-electron chi connectivity index (χ2n) is 3.65. The van der Waals surface area contributed by atoms with Gasteiger partial charge in [-0.3, -0.25) is 0 Å². The molecular weight excluding hydrogens is 126 g/mol. The lowest BCUT2D eigenvalue weighted by Crippen LogP contribution is -2.37. The minimum absolute atomic E-state index is 0.345. The third-order valence-electron chi connectivity index (χ3n) is 2.38. The van der Waals surface area contributed by atoms with E-state index in [2.05, 4.69) is 13.8 Å². The Labute approximate surface area is 62.7 Å². The first kappa shape index (κ1) is 8.02. The third-order valence-corrected chi connectivity index (χ3v) is 2.38. The minimum atomic E-state index is 0.345. The van der Waals surface area contributed by atoms with Crippen LogP contribution in [0.3, 0.4) is 0 Å². The zero-order valence-corrected chi connectivity index (χ0v) is 6.89. The van der Waals surface area contributed by atoms with Crippen LogP contribution in [-0.2, 0) is 4.74 Å². The first-order chi connectivity index (χ1) is 4.66. The summed E-state index contributed by atoms with van der Waals surface area (Å²) in [6.07, 6.45) is 2.64. The Morgan fingerprint density at radius 1 is 1.70 bits per heavy atom. The first-order valence-corrected chi connectivity index (χ1v) is 3.98. The van der Waals surface area contributed by atoms with E-state index in [4.69, 9.17) is 10.5 Å². The number of hydrogen-bond acceptors (Lipinski definition) is 2. The molecule has 2 nitrogen and oxygen atoms in total. The molecule has 1 rings (SSSR count). The van der Waals surface area contributed by atoms with Crippen molar-refractivity contribution >= 4 is 0 Å². The maximum absolute atomic E-state index is 5.64. The molecule has 0 radical (unpaired) electrons. The molecular formula is C8H17NO. The van der Waals surface area contributed by atoms with Crippen LogP contribution in [0.5, 0.6) is 0 Å². The summed E-state index contributed by atoms with van der Waals surface area (Å²) in [5.74, 6) is 0. The van der Waals surface area contributed by atoms with Crippen LogP contribution in [0, 0.1) is 5.41 Å². The third kappa shape index (κ3) is 1.70. The van der Waals surface area contributed by atoms with Crippen molar-refractivity contribution in [1.29, 1.82) is 0 Å². The Hall–Kier alpha value is -0.0800. The molecule has 0 amide bonds. The second kappa shape index (κ2) is 2.89. The summed E-state index contributed by atoms with van der Waals surface area (Å²) in [7, 11) is 0. The Morgan fingerprint density at radius 3 is 2.80 bits per heavy atom. The van der Waals surface area contributed by atoms with E-state index in [1.165, 1.54) is 0 Å². The Balaban J connectivity index is 2.45. The largest absolute Gasteiger partial charge is 0.378 e. The van der Waals surface area contributed by atoms with Crippen molar-refractivity contribution in [2.24, 2.45) is 11.1 Å². The molecule has 10 heavy (non-hydrogen) atoms. The maximum Gasteiger partial charge on any atom is 0.0552 e. The van der Waals surface area contributed by atoms with Crippen molar-refractivity contribution in [3.05, 3.63) is 0 Å². The second-order valence-corrected chi connectivity index (χ2v) is 3.65. The summed E-state index contributed by atoms with van der Waals surface area (Å²) in [5.41, 5.74) is 5.99. The molecule has 0 bridgehead atoms. The van der Waals surface area contributed by atoms with Crippen LogP contribution in [0.15, 0.2) is 0 Å². The highest BCUT2D eigenvalue weighted by atomic mass is 16.5. The molecule has 0 aromatic heterocycles. The van der Waals surface area contributed by atoms with Crippen molar-refractivity contribution in [3.8, 4) is 0 Å². The molecule has 60 valence electrons. The average Bonchev–Trinajstić information content (AvgIpc) is 1.88. The normalized spacial score (nSPS) is 41.7.